The topological polar surface area (TPSA) is 64.3 Å². The minimum Gasteiger partial charge on any atom is -0.748 e. The number of rotatable bonds is 7. The van der Waals surface area contributed by atoms with E-state index in [0.717, 1.165) is 38.6 Å². The van der Waals surface area contributed by atoms with Crippen molar-refractivity contribution in [1.82, 2.24) is 0 Å². The summed E-state index contributed by atoms with van der Waals surface area (Å²) >= 11 is 1.67. The van der Waals surface area contributed by atoms with Crippen molar-refractivity contribution in [3.8, 4) is 0 Å². The highest BCUT2D eigenvalue weighted by Crippen LogP contribution is 2.46. The number of nitrogens with zero attached hydrogens (tertiary/aromatic N) is 2. The maximum Gasteiger partial charge on any atom is 0.213 e. The predicted octanol–water partition coefficient (Wildman–Crippen LogP) is 5.02. The molecule has 0 atom stereocenters. The van der Waals surface area contributed by atoms with Gasteiger partial charge in [-0.1, -0.05) is 66.4 Å². The second-order valence-corrected chi connectivity index (χ2v) is 10.8. The normalized spacial score (nSPS) is 14.6. The zero-order valence-corrected chi connectivity index (χ0v) is 20.1. The standard InChI is InChI=1S/C27H24N2O3S2/c30-34(31,32)18-8-16-29-25-13-6-7-14-26(25)33-27(29)19-22-15-17-28(20-21-9-2-1-3-10-21)24-12-5-4-11-23(22)24/h1-7,9-15,17,19H,8,16,18,20H2. The van der Waals surface area contributed by atoms with E-state index in [1.54, 1.807) is 11.8 Å². The lowest BCUT2D eigenvalue weighted by Crippen LogP contribution is -2.34. The Bertz CT molecular complexity index is 1470. The SMILES string of the molecule is O=S(=O)([O-])CCCN1C(=Cc2cc[n+](Cc3ccccc3)c3ccccc23)Sc2ccccc21. The fourth-order valence-electron chi connectivity index (χ4n) is 4.28. The van der Waals surface area contributed by atoms with Crippen molar-refractivity contribution in [2.24, 2.45) is 0 Å². The Hall–Kier alpha value is -3.13. The molecule has 0 saturated carbocycles. The summed E-state index contributed by atoms with van der Waals surface area (Å²) in [5, 5.41) is 2.17. The third kappa shape index (κ3) is 5.01. The minimum atomic E-state index is -4.23. The average Bonchev–Trinajstić information content (AvgIpc) is 3.18. The number of fused-ring (bicyclic) bond motifs is 2. The Labute approximate surface area is 204 Å². The van der Waals surface area contributed by atoms with Crippen LogP contribution in [-0.4, -0.2) is 25.3 Å². The number of thioether (sulfide) groups is 1. The highest BCUT2D eigenvalue weighted by molar-refractivity contribution is 8.03. The Kier molecular flexibility index (Phi) is 6.41. The molecule has 0 aliphatic carbocycles. The molecule has 2 heterocycles. The van der Waals surface area contributed by atoms with E-state index >= 15 is 0 Å². The summed E-state index contributed by atoms with van der Waals surface area (Å²) in [5.41, 5.74) is 4.52. The number of para-hydroxylation sites is 2. The number of hydrogen-bond acceptors (Lipinski definition) is 5. The number of pyridine rings is 1. The van der Waals surface area contributed by atoms with Gasteiger partial charge in [-0.15, -0.1) is 0 Å². The zero-order valence-electron chi connectivity index (χ0n) is 18.5. The van der Waals surface area contributed by atoms with Gasteiger partial charge in [0.25, 0.3) is 0 Å². The predicted molar refractivity (Wildman–Crippen MR) is 136 cm³/mol. The Morgan fingerprint density at radius 1 is 0.912 bits per heavy atom. The van der Waals surface area contributed by atoms with Crippen LogP contribution >= 0.6 is 11.8 Å². The van der Waals surface area contributed by atoms with Crippen LogP contribution in [0.2, 0.25) is 0 Å². The van der Waals surface area contributed by atoms with Gasteiger partial charge in [-0.3, -0.25) is 0 Å². The van der Waals surface area contributed by atoms with Gasteiger partial charge in [-0.05, 0) is 36.3 Å². The summed E-state index contributed by atoms with van der Waals surface area (Å²) < 4.78 is 35.7. The Morgan fingerprint density at radius 3 is 2.47 bits per heavy atom. The van der Waals surface area contributed by atoms with Crippen molar-refractivity contribution in [3.05, 3.63) is 107 Å². The van der Waals surface area contributed by atoms with Gasteiger partial charge in [-0.2, -0.15) is 4.57 Å². The van der Waals surface area contributed by atoms with Crippen LogP contribution in [0.1, 0.15) is 17.5 Å². The molecular weight excluding hydrogens is 464 g/mol. The molecular formula is C27H24N2O3S2. The molecule has 0 spiro atoms. The van der Waals surface area contributed by atoms with E-state index in [1.165, 1.54) is 5.56 Å². The molecule has 0 amide bonds. The molecule has 4 aromatic rings. The Morgan fingerprint density at radius 2 is 1.65 bits per heavy atom. The van der Waals surface area contributed by atoms with Crippen molar-refractivity contribution in [3.63, 3.8) is 0 Å². The lowest BCUT2D eigenvalue weighted by molar-refractivity contribution is -0.662. The van der Waals surface area contributed by atoms with Crippen LogP contribution < -0.4 is 9.47 Å². The molecule has 0 unspecified atom stereocenters. The molecule has 1 aliphatic heterocycles. The molecule has 34 heavy (non-hydrogen) atoms. The molecule has 1 aromatic heterocycles. The lowest BCUT2D eigenvalue weighted by Gasteiger charge is -2.21. The minimum absolute atomic E-state index is 0.282. The van der Waals surface area contributed by atoms with E-state index < -0.39 is 10.1 Å². The summed E-state index contributed by atoms with van der Waals surface area (Å²) in [6.07, 6.45) is 4.55. The summed E-state index contributed by atoms with van der Waals surface area (Å²) in [6.45, 7) is 1.25. The molecule has 3 aromatic carbocycles. The van der Waals surface area contributed by atoms with Crippen molar-refractivity contribution >= 4 is 44.5 Å². The van der Waals surface area contributed by atoms with Crippen LogP contribution in [0.25, 0.3) is 17.0 Å². The van der Waals surface area contributed by atoms with E-state index in [1.807, 2.05) is 30.3 Å². The first kappa shape index (κ1) is 22.7. The molecule has 0 bridgehead atoms. The second-order valence-electron chi connectivity index (χ2n) is 8.22. The van der Waals surface area contributed by atoms with Gasteiger partial charge in [0.1, 0.15) is 0 Å². The monoisotopic (exact) mass is 488 g/mol. The Balaban J connectivity index is 1.51. The quantitative estimate of drug-likeness (QED) is 0.270. The first-order chi connectivity index (χ1) is 16.5. The van der Waals surface area contributed by atoms with Crippen LogP contribution in [0, 0.1) is 0 Å². The lowest BCUT2D eigenvalue weighted by atomic mass is 10.1. The molecule has 0 fully saturated rings. The first-order valence-corrected chi connectivity index (χ1v) is 13.5. The number of anilines is 1. The van der Waals surface area contributed by atoms with Crippen molar-refractivity contribution in [2.45, 2.75) is 17.9 Å². The number of hydrogen-bond donors (Lipinski definition) is 0. The smallest absolute Gasteiger partial charge is 0.213 e. The van der Waals surface area contributed by atoms with Crippen molar-refractivity contribution < 1.29 is 17.5 Å². The van der Waals surface area contributed by atoms with Gasteiger partial charge >= 0.3 is 0 Å². The molecule has 0 saturated heterocycles. The summed E-state index contributed by atoms with van der Waals surface area (Å²) in [6, 6.07) is 29.0. The molecule has 1 aliphatic rings. The largest absolute Gasteiger partial charge is 0.748 e. The van der Waals surface area contributed by atoms with Gasteiger partial charge in [0.2, 0.25) is 5.52 Å². The maximum absolute atomic E-state index is 11.1. The molecule has 0 radical (unpaired) electrons. The maximum atomic E-state index is 11.1. The van der Waals surface area contributed by atoms with E-state index in [2.05, 4.69) is 76.3 Å². The third-order valence-electron chi connectivity index (χ3n) is 5.85. The van der Waals surface area contributed by atoms with Crippen LogP contribution in [0.15, 0.2) is 101 Å². The average molecular weight is 489 g/mol. The zero-order chi connectivity index (χ0) is 23.5. The fraction of sp³-hybridized carbons (Fsp3) is 0.148. The van der Waals surface area contributed by atoms with Crippen LogP contribution in [0.4, 0.5) is 5.69 Å². The number of aromatic nitrogens is 1. The van der Waals surface area contributed by atoms with E-state index in [9.17, 15) is 13.0 Å². The van der Waals surface area contributed by atoms with Gasteiger partial charge in [0.05, 0.1) is 26.2 Å². The number of benzene rings is 3. The molecule has 5 nitrogen and oxygen atoms in total. The van der Waals surface area contributed by atoms with Crippen molar-refractivity contribution in [2.75, 3.05) is 17.2 Å². The van der Waals surface area contributed by atoms with E-state index in [-0.39, 0.29) is 12.2 Å². The van der Waals surface area contributed by atoms with Crippen LogP contribution in [0.3, 0.4) is 0 Å². The van der Waals surface area contributed by atoms with E-state index in [0.29, 0.717) is 6.54 Å². The van der Waals surface area contributed by atoms with Crippen molar-refractivity contribution in [1.29, 1.82) is 0 Å². The van der Waals surface area contributed by atoms with Crippen LogP contribution in [0.5, 0.6) is 0 Å². The third-order valence-corrected chi connectivity index (χ3v) is 7.75. The summed E-state index contributed by atoms with van der Waals surface area (Å²) in [4.78, 5) is 3.24. The highest BCUT2D eigenvalue weighted by Gasteiger charge is 2.25. The fourth-order valence-corrected chi connectivity index (χ4v) is 5.90. The summed E-state index contributed by atoms with van der Waals surface area (Å²) in [7, 11) is -4.23. The molecule has 0 N–H and O–H groups in total. The second kappa shape index (κ2) is 9.62. The highest BCUT2D eigenvalue weighted by atomic mass is 32.2. The van der Waals surface area contributed by atoms with Gasteiger partial charge in [-0.25, -0.2) is 8.42 Å². The van der Waals surface area contributed by atoms with E-state index in [4.69, 9.17) is 0 Å². The van der Waals surface area contributed by atoms with Gasteiger partial charge < -0.3 is 9.45 Å². The van der Waals surface area contributed by atoms with Gasteiger partial charge in [0, 0.05) is 34.9 Å². The molecule has 172 valence electrons. The first-order valence-electron chi connectivity index (χ1n) is 11.1. The van der Waals surface area contributed by atoms with Crippen LogP contribution in [-0.2, 0) is 16.7 Å². The summed E-state index contributed by atoms with van der Waals surface area (Å²) in [5.74, 6) is -0.364. The molecule has 5 rings (SSSR count). The molecule has 7 heteroatoms. The van der Waals surface area contributed by atoms with Gasteiger partial charge in [0.15, 0.2) is 12.7 Å².